The lowest BCUT2D eigenvalue weighted by Gasteiger charge is -2.30. The van der Waals surface area contributed by atoms with Crippen molar-refractivity contribution in [1.82, 2.24) is 4.90 Å². The number of sulfonamides is 1. The first-order chi connectivity index (χ1) is 12.4. The van der Waals surface area contributed by atoms with Crippen LogP contribution in [0.2, 0.25) is 0 Å². The Balaban J connectivity index is 0.00000261. The molecule has 0 radical (unpaired) electrons. The van der Waals surface area contributed by atoms with E-state index in [9.17, 15) is 13.2 Å². The van der Waals surface area contributed by atoms with Crippen LogP contribution in [0.3, 0.4) is 0 Å². The summed E-state index contributed by atoms with van der Waals surface area (Å²) in [6.45, 7) is 3.06. The first-order valence-corrected chi connectivity index (χ1v) is 10.1. The van der Waals surface area contributed by atoms with E-state index < -0.39 is 10.0 Å². The molecule has 2 aromatic rings. The Morgan fingerprint density at radius 1 is 1.07 bits per heavy atom. The number of nitrogens with zero attached hydrogens (tertiary/aromatic N) is 1. The van der Waals surface area contributed by atoms with Crippen LogP contribution in [0, 0.1) is 6.92 Å². The van der Waals surface area contributed by atoms with Crippen LogP contribution in [0.15, 0.2) is 53.4 Å². The number of hydrogen-bond acceptors (Lipinski definition) is 4. The largest absolute Gasteiger partial charge is 0.338 e. The lowest BCUT2D eigenvalue weighted by molar-refractivity contribution is 0.0716. The van der Waals surface area contributed by atoms with Crippen LogP contribution in [-0.4, -0.2) is 38.4 Å². The second kappa shape index (κ2) is 8.73. The number of nitrogens with two attached hydrogens (primary N) is 1. The summed E-state index contributed by atoms with van der Waals surface area (Å²) >= 11 is 0. The van der Waals surface area contributed by atoms with Gasteiger partial charge in [-0.15, -0.1) is 12.4 Å². The lowest BCUT2D eigenvalue weighted by atomic mass is 10.0. The number of amides is 1. The summed E-state index contributed by atoms with van der Waals surface area (Å²) in [6.07, 6.45) is 1.51. The fraction of sp³-hybridized carbons (Fsp3) is 0.316. The molecule has 0 saturated carbocycles. The van der Waals surface area contributed by atoms with Crippen LogP contribution >= 0.6 is 12.4 Å². The molecule has 1 fully saturated rings. The predicted molar refractivity (Wildman–Crippen MR) is 109 cm³/mol. The number of carbonyl (C=O) groups excluding carboxylic acids is 1. The molecule has 0 unspecified atom stereocenters. The van der Waals surface area contributed by atoms with Crippen molar-refractivity contribution >= 4 is 34.0 Å². The maximum Gasteiger partial charge on any atom is 0.261 e. The Labute approximate surface area is 166 Å². The maximum absolute atomic E-state index is 12.8. The molecule has 1 amide bonds. The topological polar surface area (TPSA) is 92.5 Å². The van der Waals surface area contributed by atoms with Crippen molar-refractivity contribution in [2.45, 2.75) is 30.7 Å². The molecule has 3 N–H and O–H groups in total. The number of aryl methyl sites for hydroxylation is 1. The Morgan fingerprint density at radius 3 is 2.30 bits per heavy atom. The number of halogens is 1. The van der Waals surface area contributed by atoms with Gasteiger partial charge in [-0.3, -0.25) is 9.52 Å². The second-order valence-corrected chi connectivity index (χ2v) is 8.28. The standard InChI is InChI=1S/C19H23N3O3S.ClH/c1-14-6-8-16(9-7-14)26(24,25)21-18-5-3-2-4-17(18)19(23)22-12-10-15(20)11-13-22;/h2-9,15,21H,10-13,20H2,1H3;1H. The quantitative estimate of drug-likeness (QED) is 0.812. The number of benzene rings is 2. The summed E-state index contributed by atoms with van der Waals surface area (Å²) in [6, 6.07) is 13.4. The maximum atomic E-state index is 12.8. The van der Waals surface area contributed by atoms with Gasteiger partial charge in [0, 0.05) is 19.1 Å². The molecule has 0 bridgehead atoms. The van der Waals surface area contributed by atoms with Gasteiger partial charge in [0.2, 0.25) is 0 Å². The molecular weight excluding hydrogens is 386 g/mol. The first kappa shape index (κ1) is 21.2. The lowest BCUT2D eigenvalue weighted by Crippen LogP contribution is -2.43. The molecule has 1 aliphatic heterocycles. The highest BCUT2D eigenvalue weighted by Crippen LogP contribution is 2.23. The molecule has 27 heavy (non-hydrogen) atoms. The molecule has 0 spiro atoms. The van der Waals surface area contributed by atoms with E-state index in [2.05, 4.69) is 4.72 Å². The SMILES string of the molecule is Cc1ccc(S(=O)(=O)Nc2ccccc2C(=O)N2CCC(N)CC2)cc1.Cl. The highest BCUT2D eigenvalue weighted by molar-refractivity contribution is 7.92. The average molecular weight is 410 g/mol. The van der Waals surface area contributed by atoms with Gasteiger partial charge in [0.1, 0.15) is 0 Å². The second-order valence-electron chi connectivity index (χ2n) is 6.59. The van der Waals surface area contributed by atoms with Gasteiger partial charge in [0.25, 0.3) is 15.9 Å². The van der Waals surface area contributed by atoms with E-state index >= 15 is 0 Å². The highest BCUT2D eigenvalue weighted by atomic mass is 35.5. The van der Waals surface area contributed by atoms with Crippen LogP contribution in [0.25, 0.3) is 0 Å². The van der Waals surface area contributed by atoms with Gasteiger partial charge in [-0.25, -0.2) is 8.42 Å². The monoisotopic (exact) mass is 409 g/mol. The number of hydrogen-bond donors (Lipinski definition) is 2. The third-order valence-corrected chi connectivity index (χ3v) is 5.94. The van der Waals surface area contributed by atoms with Crippen molar-refractivity contribution in [3.05, 3.63) is 59.7 Å². The summed E-state index contributed by atoms with van der Waals surface area (Å²) in [5.41, 5.74) is 7.50. The van der Waals surface area contributed by atoms with Crippen LogP contribution in [0.4, 0.5) is 5.69 Å². The van der Waals surface area contributed by atoms with Gasteiger partial charge in [-0.1, -0.05) is 29.8 Å². The zero-order valence-corrected chi connectivity index (χ0v) is 16.7. The normalized spacial score (nSPS) is 15.1. The molecule has 146 valence electrons. The van der Waals surface area contributed by atoms with E-state index in [1.165, 1.54) is 0 Å². The van der Waals surface area contributed by atoms with Crippen LogP contribution < -0.4 is 10.5 Å². The number of para-hydroxylation sites is 1. The third-order valence-electron chi connectivity index (χ3n) is 4.56. The number of nitrogens with one attached hydrogen (secondary N) is 1. The number of carbonyl (C=O) groups is 1. The Hall–Kier alpha value is -2.09. The van der Waals surface area contributed by atoms with Gasteiger partial charge in [0.15, 0.2) is 0 Å². The van der Waals surface area contributed by atoms with E-state index in [0.29, 0.717) is 18.7 Å². The molecule has 8 heteroatoms. The van der Waals surface area contributed by atoms with Gasteiger partial charge in [0.05, 0.1) is 16.1 Å². The molecule has 2 aromatic carbocycles. The summed E-state index contributed by atoms with van der Waals surface area (Å²) in [7, 11) is -3.77. The highest BCUT2D eigenvalue weighted by Gasteiger charge is 2.25. The van der Waals surface area contributed by atoms with Gasteiger partial charge in [-0.2, -0.15) is 0 Å². The Morgan fingerprint density at radius 2 is 1.67 bits per heavy atom. The van der Waals surface area contributed by atoms with Crippen LogP contribution in [0.1, 0.15) is 28.8 Å². The van der Waals surface area contributed by atoms with E-state index in [-0.39, 0.29) is 34.9 Å². The zero-order valence-electron chi connectivity index (χ0n) is 15.1. The summed E-state index contributed by atoms with van der Waals surface area (Å²) < 4.78 is 27.9. The molecule has 1 heterocycles. The summed E-state index contributed by atoms with van der Waals surface area (Å²) in [4.78, 5) is 14.7. The average Bonchev–Trinajstić information content (AvgIpc) is 2.62. The van der Waals surface area contributed by atoms with Crippen LogP contribution in [-0.2, 0) is 10.0 Å². The zero-order chi connectivity index (χ0) is 18.7. The van der Waals surface area contributed by atoms with Crippen molar-refractivity contribution in [1.29, 1.82) is 0 Å². The number of rotatable bonds is 4. The third kappa shape index (κ3) is 5.00. The first-order valence-electron chi connectivity index (χ1n) is 8.60. The minimum absolute atomic E-state index is 0. The van der Waals surface area contributed by atoms with Gasteiger partial charge < -0.3 is 10.6 Å². The molecule has 1 aliphatic rings. The van der Waals surface area contributed by atoms with E-state index in [4.69, 9.17) is 5.73 Å². The molecular formula is C19H24ClN3O3S. The Kier molecular flexibility index (Phi) is 6.86. The number of likely N-dealkylation sites (tertiary alicyclic amines) is 1. The van der Waals surface area contributed by atoms with Crippen molar-refractivity contribution in [3.8, 4) is 0 Å². The van der Waals surface area contributed by atoms with E-state index in [1.807, 2.05) is 6.92 Å². The Bertz CT molecular complexity index is 893. The van der Waals surface area contributed by atoms with Crippen molar-refractivity contribution in [2.75, 3.05) is 17.8 Å². The minimum Gasteiger partial charge on any atom is -0.338 e. The van der Waals surface area contributed by atoms with E-state index in [0.717, 1.165) is 18.4 Å². The molecule has 0 atom stereocenters. The molecule has 3 rings (SSSR count). The van der Waals surface area contributed by atoms with Gasteiger partial charge in [-0.05, 0) is 44.0 Å². The minimum atomic E-state index is -3.77. The van der Waals surface area contributed by atoms with Crippen molar-refractivity contribution < 1.29 is 13.2 Å². The molecule has 0 aromatic heterocycles. The van der Waals surface area contributed by atoms with Crippen molar-refractivity contribution in [2.24, 2.45) is 5.73 Å². The molecule has 1 saturated heterocycles. The predicted octanol–water partition coefficient (Wildman–Crippen LogP) is 2.78. The smallest absolute Gasteiger partial charge is 0.261 e. The number of anilines is 1. The fourth-order valence-electron chi connectivity index (χ4n) is 2.95. The molecule has 0 aliphatic carbocycles. The molecule has 6 nitrogen and oxygen atoms in total. The summed E-state index contributed by atoms with van der Waals surface area (Å²) in [5, 5.41) is 0. The summed E-state index contributed by atoms with van der Waals surface area (Å²) in [5.74, 6) is -0.181. The van der Waals surface area contributed by atoms with Crippen LogP contribution in [0.5, 0.6) is 0 Å². The fourth-order valence-corrected chi connectivity index (χ4v) is 4.03. The van der Waals surface area contributed by atoms with Gasteiger partial charge >= 0.3 is 0 Å². The number of piperidine rings is 1. The van der Waals surface area contributed by atoms with E-state index in [1.54, 1.807) is 53.4 Å². The van der Waals surface area contributed by atoms with Crippen molar-refractivity contribution in [3.63, 3.8) is 0 Å².